The van der Waals surface area contributed by atoms with Crippen molar-refractivity contribution in [3.05, 3.63) is 99.0 Å². The number of benzene rings is 2. The summed E-state index contributed by atoms with van der Waals surface area (Å²) in [6, 6.07) is 18.8. The van der Waals surface area contributed by atoms with E-state index in [-0.39, 0.29) is 30.9 Å². The largest absolute Gasteiger partial charge is 0.462 e. The zero-order valence-corrected chi connectivity index (χ0v) is 27.2. The molecule has 1 amide bonds. The van der Waals surface area contributed by atoms with Crippen molar-refractivity contribution >= 4 is 51.4 Å². The van der Waals surface area contributed by atoms with Crippen LogP contribution in [0.2, 0.25) is 5.02 Å². The van der Waals surface area contributed by atoms with E-state index >= 15 is 0 Å². The van der Waals surface area contributed by atoms with Crippen molar-refractivity contribution in [2.75, 3.05) is 0 Å². The van der Waals surface area contributed by atoms with Crippen molar-refractivity contribution in [2.45, 2.75) is 77.0 Å². The van der Waals surface area contributed by atoms with Crippen LogP contribution in [0.4, 0.5) is 0 Å². The van der Waals surface area contributed by atoms with Gasteiger partial charge in [-0.2, -0.15) is 0 Å². The maximum atomic E-state index is 13.7. The highest BCUT2D eigenvalue weighted by Gasteiger charge is 2.31. The number of esters is 1. The van der Waals surface area contributed by atoms with Gasteiger partial charge in [-0.3, -0.25) is 19.1 Å². The van der Waals surface area contributed by atoms with E-state index in [1.165, 1.54) is 11.3 Å². The number of aromatic amines is 1. The van der Waals surface area contributed by atoms with Crippen molar-refractivity contribution in [3.63, 3.8) is 0 Å². The summed E-state index contributed by atoms with van der Waals surface area (Å²) >= 11 is 8.31. The lowest BCUT2D eigenvalue weighted by Crippen LogP contribution is -2.32. The van der Waals surface area contributed by atoms with E-state index in [9.17, 15) is 9.59 Å². The third-order valence-corrected chi connectivity index (χ3v) is 10.3. The molecule has 4 heterocycles. The van der Waals surface area contributed by atoms with Crippen LogP contribution >= 0.6 is 22.9 Å². The molecule has 9 nitrogen and oxygen atoms in total. The minimum atomic E-state index is -0.624. The Morgan fingerprint density at radius 1 is 1.07 bits per heavy atom. The Kier molecular flexibility index (Phi) is 8.73. The van der Waals surface area contributed by atoms with E-state index in [2.05, 4.69) is 33.5 Å². The van der Waals surface area contributed by atoms with Crippen molar-refractivity contribution in [1.82, 2.24) is 25.1 Å². The van der Waals surface area contributed by atoms with Gasteiger partial charge < -0.3 is 15.0 Å². The van der Waals surface area contributed by atoms with E-state index in [1.807, 2.05) is 59.2 Å². The van der Waals surface area contributed by atoms with Gasteiger partial charge in [0.1, 0.15) is 23.3 Å². The first-order valence-corrected chi connectivity index (χ1v) is 17.1. The molecule has 11 heteroatoms. The predicted octanol–water partition coefficient (Wildman–Crippen LogP) is 7.50. The fourth-order valence-electron chi connectivity index (χ4n) is 6.33. The summed E-state index contributed by atoms with van der Waals surface area (Å²) < 4.78 is 7.85. The molecule has 0 saturated heterocycles. The number of hydrogen-bond donors (Lipinski definition) is 2. The molecule has 0 radical (unpaired) electrons. The second-order valence-electron chi connectivity index (χ2n) is 11.8. The Bertz CT molecular complexity index is 1900. The zero-order chi connectivity index (χ0) is 31.6. The molecule has 2 N–H and O–H groups in total. The van der Waals surface area contributed by atoms with Crippen molar-refractivity contribution in [1.29, 1.82) is 0 Å². The molecule has 1 aliphatic carbocycles. The number of hydrogen-bond acceptors (Lipinski definition) is 7. The average molecular weight is 655 g/mol. The number of fused-ring (bicyclic) bond motifs is 4. The molecule has 7 rings (SSSR count). The molecular weight excluding hydrogens is 620 g/mol. The Balaban J connectivity index is 1.24. The molecule has 1 saturated carbocycles. The number of H-pyrrole nitrogens is 1. The number of aryl methyl sites for hydroxylation is 1. The number of aliphatic imine (C=N–C) groups is 1. The Hall–Kier alpha value is -4.28. The van der Waals surface area contributed by atoms with Crippen LogP contribution in [0, 0.1) is 0 Å². The molecule has 46 heavy (non-hydrogen) atoms. The molecular formula is C35H35ClN6O3S. The number of para-hydroxylation sites is 1. The smallest absolute Gasteiger partial charge is 0.306 e. The Morgan fingerprint density at radius 2 is 1.87 bits per heavy atom. The average Bonchev–Trinajstić information content (AvgIpc) is 3.79. The highest BCUT2D eigenvalue weighted by Crippen LogP contribution is 2.36. The first-order valence-electron chi connectivity index (χ1n) is 15.9. The first-order chi connectivity index (χ1) is 22.5. The molecule has 1 atom stereocenters. The number of amides is 1. The van der Waals surface area contributed by atoms with Gasteiger partial charge in [0.25, 0.3) is 5.91 Å². The van der Waals surface area contributed by atoms with Crippen molar-refractivity contribution in [2.24, 2.45) is 4.99 Å². The number of rotatable bonds is 9. The zero-order valence-electron chi connectivity index (χ0n) is 25.6. The Labute approximate surface area is 276 Å². The highest BCUT2D eigenvalue weighted by atomic mass is 35.5. The third-order valence-electron chi connectivity index (χ3n) is 8.71. The van der Waals surface area contributed by atoms with Gasteiger partial charge in [0.05, 0.1) is 11.8 Å². The summed E-state index contributed by atoms with van der Waals surface area (Å²) in [5.41, 5.74) is 3.88. The number of nitrogens with one attached hydrogen (secondary N) is 2. The molecule has 0 bridgehead atoms. The van der Waals surface area contributed by atoms with E-state index in [0.29, 0.717) is 28.8 Å². The van der Waals surface area contributed by atoms with Gasteiger partial charge in [-0.1, -0.05) is 61.3 Å². The van der Waals surface area contributed by atoms with Gasteiger partial charge >= 0.3 is 5.97 Å². The lowest BCUT2D eigenvalue weighted by Gasteiger charge is -2.23. The van der Waals surface area contributed by atoms with E-state index in [4.69, 9.17) is 21.3 Å². The molecule has 1 fully saturated rings. The van der Waals surface area contributed by atoms with Crippen molar-refractivity contribution in [3.8, 4) is 5.00 Å². The maximum Gasteiger partial charge on any atom is 0.306 e. The van der Waals surface area contributed by atoms with Crippen LogP contribution in [0.1, 0.15) is 96.1 Å². The molecule has 1 aliphatic heterocycles. The highest BCUT2D eigenvalue weighted by molar-refractivity contribution is 7.15. The second-order valence-corrected chi connectivity index (χ2v) is 13.3. The van der Waals surface area contributed by atoms with Gasteiger partial charge in [-0.05, 0) is 62.8 Å². The molecule has 2 aliphatic rings. The number of carbonyl (C=O) groups excluding carboxylic acids is 2. The van der Waals surface area contributed by atoms with Gasteiger partial charge in [-0.15, -0.1) is 21.5 Å². The molecule has 0 spiro atoms. The standard InChI is InChI=1S/C35H35ClN6O3S/c1-2-23-19-25-32(24-13-7-8-14-26(24)36)37-20-30-40-41-33(42(30)35(25)46-23)28(16-17-31(43)45-22-11-4-3-5-12-22)39-34(44)29-18-21-10-6-9-15-27(21)38-29/h6-10,13-15,18-19,22,28,38H,2-5,11-12,16-17,20H2,1H3,(H,39,44)/t28-/m1/s1. The topological polar surface area (TPSA) is 114 Å². The Morgan fingerprint density at radius 3 is 2.67 bits per heavy atom. The molecule has 3 aromatic heterocycles. The van der Waals surface area contributed by atoms with Crippen LogP contribution < -0.4 is 5.32 Å². The molecule has 2 aromatic carbocycles. The van der Waals surface area contributed by atoms with E-state index in [0.717, 1.165) is 64.8 Å². The van der Waals surface area contributed by atoms with Gasteiger partial charge in [0.2, 0.25) is 0 Å². The number of halogens is 1. The number of ether oxygens (including phenoxy) is 1. The summed E-state index contributed by atoms with van der Waals surface area (Å²) in [7, 11) is 0. The number of carbonyl (C=O) groups is 2. The quantitative estimate of drug-likeness (QED) is 0.160. The maximum absolute atomic E-state index is 13.7. The van der Waals surface area contributed by atoms with E-state index < -0.39 is 6.04 Å². The summed E-state index contributed by atoms with van der Waals surface area (Å²) in [5, 5.41) is 14.8. The first kappa shape index (κ1) is 30.4. The molecule has 236 valence electrons. The minimum Gasteiger partial charge on any atom is -0.462 e. The van der Waals surface area contributed by atoms with Crippen LogP contribution in [-0.2, 0) is 22.5 Å². The van der Waals surface area contributed by atoms with Crippen LogP contribution in [0.3, 0.4) is 0 Å². The minimum absolute atomic E-state index is 0.0356. The summed E-state index contributed by atoms with van der Waals surface area (Å²) in [4.78, 5) is 36.2. The normalized spacial score (nSPS) is 15.5. The second kappa shape index (κ2) is 13.2. The van der Waals surface area contributed by atoms with Crippen LogP contribution in [0.15, 0.2) is 65.7 Å². The van der Waals surface area contributed by atoms with Crippen LogP contribution in [0.5, 0.6) is 0 Å². The van der Waals surface area contributed by atoms with E-state index in [1.54, 1.807) is 11.3 Å². The number of aromatic nitrogens is 4. The van der Waals surface area contributed by atoms with Gasteiger partial charge in [0, 0.05) is 38.4 Å². The monoisotopic (exact) mass is 654 g/mol. The molecule has 5 aromatic rings. The van der Waals surface area contributed by atoms with Crippen molar-refractivity contribution < 1.29 is 14.3 Å². The number of nitrogens with zero attached hydrogens (tertiary/aromatic N) is 4. The SMILES string of the molecule is CCc1cc2c(s1)-n1c(nnc1[C@@H](CCC(=O)OC1CCCCC1)NC(=O)c1cc3ccccc3[nH]1)CN=C2c1ccccc1Cl. The summed E-state index contributed by atoms with van der Waals surface area (Å²) in [6.45, 7) is 2.40. The molecule has 0 unspecified atom stereocenters. The van der Waals surface area contributed by atoms with Crippen LogP contribution in [0.25, 0.3) is 15.9 Å². The predicted molar refractivity (Wildman–Crippen MR) is 180 cm³/mol. The summed E-state index contributed by atoms with van der Waals surface area (Å²) in [5.74, 6) is 0.645. The fraction of sp³-hybridized carbons (Fsp3) is 0.343. The van der Waals surface area contributed by atoms with Crippen LogP contribution in [-0.4, -0.2) is 43.4 Å². The van der Waals surface area contributed by atoms with Gasteiger partial charge in [-0.25, -0.2) is 0 Å². The van der Waals surface area contributed by atoms with Gasteiger partial charge in [0.15, 0.2) is 11.6 Å². The lowest BCUT2D eigenvalue weighted by molar-refractivity contribution is -0.150. The lowest BCUT2D eigenvalue weighted by atomic mass is 9.98. The number of thiophene rings is 1. The fourth-order valence-corrected chi connectivity index (χ4v) is 7.68. The third kappa shape index (κ3) is 6.11. The summed E-state index contributed by atoms with van der Waals surface area (Å²) in [6.07, 6.45) is 6.38.